The van der Waals surface area contributed by atoms with Crippen LogP contribution in [0.25, 0.3) is 0 Å². The first-order valence-corrected chi connectivity index (χ1v) is 9.47. The van der Waals surface area contributed by atoms with Crippen LogP contribution in [-0.4, -0.2) is 45.1 Å². The lowest BCUT2D eigenvalue weighted by atomic mass is 10.1. The summed E-state index contributed by atoms with van der Waals surface area (Å²) in [4.78, 5) is 30.9. The molecule has 0 atom stereocenters. The van der Waals surface area contributed by atoms with E-state index < -0.39 is 0 Å². The number of hydrogen-bond donors (Lipinski definition) is 1. The Hall–Kier alpha value is -2.90. The van der Waals surface area contributed by atoms with Crippen LogP contribution in [-0.2, 0) is 31.4 Å². The molecule has 2 aromatic heterocycles. The summed E-state index contributed by atoms with van der Waals surface area (Å²) in [5, 5.41) is 7.29. The highest BCUT2D eigenvalue weighted by Crippen LogP contribution is 2.27. The predicted octanol–water partition coefficient (Wildman–Crippen LogP) is 1.67. The van der Waals surface area contributed by atoms with Gasteiger partial charge in [-0.1, -0.05) is 0 Å². The van der Waals surface area contributed by atoms with E-state index >= 15 is 0 Å². The van der Waals surface area contributed by atoms with Crippen molar-refractivity contribution >= 4 is 11.8 Å². The molecule has 0 radical (unpaired) electrons. The molecule has 0 fully saturated rings. The molecule has 28 heavy (non-hydrogen) atoms. The fraction of sp³-hybridized carbons (Fsp3) is 0.500. The SMILES string of the molecule is CCN1Cc2nc(OC)c(CNC(=O)CCc3c(C)nn(C)c3C)cc2C1=O. The summed E-state index contributed by atoms with van der Waals surface area (Å²) in [6, 6.07) is 1.79. The van der Waals surface area contributed by atoms with Gasteiger partial charge >= 0.3 is 0 Å². The number of ether oxygens (including phenoxy) is 1. The lowest BCUT2D eigenvalue weighted by molar-refractivity contribution is -0.121. The van der Waals surface area contributed by atoms with Crippen molar-refractivity contribution in [2.75, 3.05) is 13.7 Å². The summed E-state index contributed by atoms with van der Waals surface area (Å²) >= 11 is 0. The van der Waals surface area contributed by atoms with Crippen LogP contribution in [0.5, 0.6) is 5.88 Å². The van der Waals surface area contributed by atoms with Crippen LogP contribution in [0.4, 0.5) is 0 Å². The number of aromatic nitrogens is 3. The molecule has 2 aromatic rings. The Bertz CT molecular complexity index is 919. The number of hydrogen-bond acceptors (Lipinski definition) is 5. The Morgan fingerprint density at radius 3 is 2.71 bits per heavy atom. The Labute approximate surface area is 164 Å². The van der Waals surface area contributed by atoms with Gasteiger partial charge in [-0.25, -0.2) is 4.98 Å². The van der Waals surface area contributed by atoms with E-state index in [9.17, 15) is 9.59 Å². The predicted molar refractivity (Wildman–Crippen MR) is 104 cm³/mol. The van der Waals surface area contributed by atoms with Gasteiger partial charge in [-0.05, 0) is 38.8 Å². The monoisotopic (exact) mass is 385 g/mol. The van der Waals surface area contributed by atoms with Gasteiger partial charge < -0.3 is 15.0 Å². The van der Waals surface area contributed by atoms with Crippen molar-refractivity contribution < 1.29 is 14.3 Å². The van der Waals surface area contributed by atoms with Crippen molar-refractivity contribution in [3.8, 4) is 5.88 Å². The van der Waals surface area contributed by atoms with Crippen LogP contribution in [0.15, 0.2) is 6.07 Å². The number of methoxy groups -OCH3 is 1. The van der Waals surface area contributed by atoms with Crippen LogP contribution >= 0.6 is 0 Å². The summed E-state index contributed by atoms with van der Waals surface area (Å²) < 4.78 is 7.20. The number of nitrogens with zero attached hydrogens (tertiary/aromatic N) is 4. The molecule has 0 saturated heterocycles. The molecule has 0 aromatic carbocycles. The third-order valence-electron chi connectivity index (χ3n) is 5.31. The van der Waals surface area contributed by atoms with Gasteiger partial charge in [0.25, 0.3) is 5.91 Å². The van der Waals surface area contributed by atoms with E-state index in [1.54, 1.807) is 18.1 Å². The van der Waals surface area contributed by atoms with Crippen LogP contribution < -0.4 is 10.1 Å². The molecule has 0 spiro atoms. The van der Waals surface area contributed by atoms with Gasteiger partial charge in [-0.15, -0.1) is 0 Å². The first kappa shape index (κ1) is 19.9. The number of aryl methyl sites for hydroxylation is 2. The minimum Gasteiger partial charge on any atom is -0.481 e. The summed E-state index contributed by atoms with van der Waals surface area (Å²) in [7, 11) is 3.45. The van der Waals surface area contributed by atoms with Crippen LogP contribution in [0, 0.1) is 13.8 Å². The smallest absolute Gasteiger partial charge is 0.256 e. The standard InChI is InChI=1S/C20H27N5O3/c1-6-25-11-17-16(20(25)27)9-14(19(22-17)28-5)10-21-18(26)8-7-15-12(2)23-24(4)13(15)3/h9H,6-8,10-11H2,1-5H3,(H,21,26). The van der Waals surface area contributed by atoms with Crippen molar-refractivity contribution in [1.29, 1.82) is 0 Å². The van der Waals surface area contributed by atoms with Crippen molar-refractivity contribution in [3.63, 3.8) is 0 Å². The quantitative estimate of drug-likeness (QED) is 0.783. The van der Waals surface area contributed by atoms with E-state index in [1.807, 2.05) is 32.5 Å². The van der Waals surface area contributed by atoms with Crippen molar-refractivity contribution in [3.05, 3.63) is 39.8 Å². The second kappa shape index (κ2) is 8.00. The molecular weight excluding hydrogens is 358 g/mol. The van der Waals surface area contributed by atoms with Crippen molar-refractivity contribution in [1.82, 2.24) is 25.0 Å². The molecule has 0 bridgehead atoms. The molecule has 0 aliphatic carbocycles. The summed E-state index contributed by atoms with van der Waals surface area (Å²) in [6.45, 7) is 7.30. The molecule has 3 heterocycles. The van der Waals surface area contributed by atoms with Crippen LogP contribution in [0.1, 0.15) is 51.9 Å². The van der Waals surface area contributed by atoms with Crippen LogP contribution in [0.2, 0.25) is 0 Å². The van der Waals surface area contributed by atoms with Gasteiger partial charge in [0.2, 0.25) is 11.8 Å². The lowest BCUT2D eigenvalue weighted by Gasteiger charge is -2.11. The molecule has 8 nitrogen and oxygen atoms in total. The molecule has 2 amide bonds. The maximum Gasteiger partial charge on any atom is 0.256 e. The minimum atomic E-state index is -0.0632. The van der Waals surface area contributed by atoms with Crippen LogP contribution in [0.3, 0.4) is 0 Å². The van der Waals surface area contributed by atoms with Gasteiger partial charge in [-0.2, -0.15) is 5.10 Å². The normalized spacial score (nSPS) is 13.0. The Morgan fingerprint density at radius 2 is 2.11 bits per heavy atom. The largest absolute Gasteiger partial charge is 0.481 e. The number of nitrogens with one attached hydrogen (secondary N) is 1. The summed E-state index contributed by atoms with van der Waals surface area (Å²) in [6.07, 6.45) is 1.01. The fourth-order valence-electron chi connectivity index (χ4n) is 3.56. The minimum absolute atomic E-state index is 0.0252. The molecule has 8 heteroatoms. The maximum atomic E-state index is 12.4. The zero-order valence-corrected chi connectivity index (χ0v) is 17.1. The van der Waals surface area contributed by atoms with E-state index in [0.29, 0.717) is 42.9 Å². The highest BCUT2D eigenvalue weighted by atomic mass is 16.5. The molecule has 0 unspecified atom stereocenters. The Kier molecular flexibility index (Phi) is 5.67. The molecule has 1 N–H and O–H groups in total. The van der Waals surface area contributed by atoms with Gasteiger partial charge in [-0.3, -0.25) is 14.3 Å². The van der Waals surface area contributed by atoms with E-state index in [2.05, 4.69) is 15.4 Å². The Morgan fingerprint density at radius 1 is 1.36 bits per heavy atom. The van der Waals surface area contributed by atoms with Crippen molar-refractivity contribution in [2.24, 2.45) is 7.05 Å². The highest BCUT2D eigenvalue weighted by Gasteiger charge is 2.29. The molecule has 0 saturated carbocycles. The van der Waals surface area contributed by atoms with E-state index in [1.165, 1.54) is 0 Å². The number of carbonyl (C=O) groups is 2. The first-order valence-electron chi connectivity index (χ1n) is 9.47. The summed E-state index contributed by atoms with van der Waals surface area (Å²) in [5.41, 5.74) is 5.16. The number of carbonyl (C=O) groups excluding carboxylic acids is 2. The fourth-order valence-corrected chi connectivity index (χ4v) is 3.56. The highest BCUT2D eigenvalue weighted by molar-refractivity contribution is 5.98. The molecule has 1 aliphatic rings. The molecule has 1 aliphatic heterocycles. The van der Waals surface area contributed by atoms with Crippen molar-refractivity contribution in [2.45, 2.75) is 46.7 Å². The number of amides is 2. The zero-order chi connectivity index (χ0) is 20.4. The topological polar surface area (TPSA) is 89.3 Å². The average Bonchev–Trinajstić information content (AvgIpc) is 3.12. The van der Waals surface area contributed by atoms with Gasteiger partial charge in [0, 0.05) is 37.8 Å². The average molecular weight is 385 g/mol. The number of rotatable bonds is 7. The molecule has 3 rings (SSSR count). The second-order valence-electron chi connectivity index (χ2n) is 7.02. The number of pyridine rings is 1. The first-order chi connectivity index (χ1) is 13.3. The third-order valence-corrected chi connectivity index (χ3v) is 5.31. The molecule has 150 valence electrons. The molecular formula is C20H27N5O3. The third kappa shape index (κ3) is 3.72. The maximum absolute atomic E-state index is 12.4. The second-order valence-corrected chi connectivity index (χ2v) is 7.02. The Balaban J connectivity index is 1.65. The number of fused-ring (bicyclic) bond motifs is 1. The zero-order valence-electron chi connectivity index (χ0n) is 17.1. The van der Waals surface area contributed by atoms with E-state index in [0.717, 1.165) is 22.6 Å². The van der Waals surface area contributed by atoms with Gasteiger partial charge in [0.05, 0.1) is 30.6 Å². The van der Waals surface area contributed by atoms with Gasteiger partial charge in [0.1, 0.15) is 0 Å². The van der Waals surface area contributed by atoms with E-state index in [4.69, 9.17) is 4.74 Å². The van der Waals surface area contributed by atoms with E-state index in [-0.39, 0.29) is 18.4 Å². The van der Waals surface area contributed by atoms with Gasteiger partial charge in [0.15, 0.2) is 0 Å². The summed E-state index contributed by atoms with van der Waals surface area (Å²) in [5.74, 6) is 0.359. The lowest BCUT2D eigenvalue weighted by Crippen LogP contribution is -2.24.